The quantitative estimate of drug-likeness (QED) is 0.581. The Labute approximate surface area is 157 Å². The number of hydrogen-bond acceptors (Lipinski definition) is 7. The molecule has 1 aromatic heterocycles. The van der Waals surface area contributed by atoms with Crippen LogP contribution in [0, 0.1) is 0 Å². The summed E-state index contributed by atoms with van der Waals surface area (Å²) in [6, 6.07) is -0.610. The zero-order valence-electron chi connectivity index (χ0n) is 13.2. The van der Waals surface area contributed by atoms with Gasteiger partial charge in [-0.15, -0.1) is 0 Å². The molecule has 25 heavy (non-hydrogen) atoms. The maximum atomic E-state index is 12.6. The van der Waals surface area contributed by atoms with E-state index in [2.05, 4.69) is 28.1 Å². The van der Waals surface area contributed by atoms with E-state index in [9.17, 15) is 14.1 Å². The number of piperidine rings is 1. The molecule has 0 aromatic carbocycles. The Hall–Kier alpha value is -1.18. The number of amides is 2. The molecule has 0 radical (unpaired) electrons. The summed E-state index contributed by atoms with van der Waals surface area (Å²) in [7, 11) is -1.52. The van der Waals surface area contributed by atoms with Crippen LogP contribution in [0.25, 0.3) is 0 Å². The molecule has 2 aliphatic heterocycles. The number of anilines is 2. The average Bonchev–Trinajstić information content (AvgIpc) is 2.62. The van der Waals surface area contributed by atoms with Gasteiger partial charge in [0.1, 0.15) is 6.04 Å². The van der Waals surface area contributed by atoms with Gasteiger partial charge in [-0.1, -0.05) is 12.8 Å². The Morgan fingerprint density at radius 3 is 2.68 bits per heavy atom. The van der Waals surface area contributed by atoms with Gasteiger partial charge in [-0.05, 0) is 24.0 Å². The smallest absolute Gasteiger partial charge is 0.248 e. The summed E-state index contributed by atoms with van der Waals surface area (Å²) in [4.78, 5) is 36.1. The Balaban J connectivity index is 1.76. The predicted octanol–water partition coefficient (Wildman–Crippen LogP) is -0.477. The zero-order valence-corrected chi connectivity index (χ0v) is 15.8. The van der Waals surface area contributed by atoms with Gasteiger partial charge in [-0.3, -0.25) is 14.5 Å². The van der Waals surface area contributed by atoms with Gasteiger partial charge in [-0.2, -0.15) is 3.71 Å². The van der Waals surface area contributed by atoms with Crippen molar-refractivity contribution < 1.29 is 14.1 Å². The molecule has 1 aromatic rings. The summed E-state index contributed by atoms with van der Waals surface area (Å²) in [5, 5.41) is 3.00. The Kier molecular flexibility index (Phi) is 5.96. The fourth-order valence-corrected chi connectivity index (χ4v) is 3.78. The number of thiol groups is 1. The summed E-state index contributed by atoms with van der Waals surface area (Å²) in [5.74, 6) is -0.0172. The first kappa shape index (κ1) is 18.6. The van der Waals surface area contributed by atoms with E-state index in [1.54, 1.807) is 17.3 Å². The second-order valence-corrected chi connectivity index (χ2v) is 8.10. The molecule has 2 saturated heterocycles. The molecule has 2 amide bonds. The maximum absolute atomic E-state index is 12.6. The second kappa shape index (κ2) is 8.01. The van der Waals surface area contributed by atoms with E-state index < -0.39 is 16.0 Å². The minimum Gasteiger partial charge on any atom is -0.315 e. The van der Waals surface area contributed by atoms with Crippen molar-refractivity contribution in [1.29, 1.82) is 0 Å². The Morgan fingerprint density at radius 1 is 1.32 bits per heavy atom. The molecule has 2 fully saturated rings. The molecule has 3 heterocycles. The lowest BCUT2D eigenvalue weighted by atomic mass is 10.1. The molecule has 3 rings (SSSR count). The average molecular weight is 403 g/mol. The monoisotopic (exact) mass is 402 g/mol. The molecular formula is C13H18N6O3S3. The van der Waals surface area contributed by atoms with Crippen LogP contribution in [-0.2, 0) is 30.7 Å². The molecule has 9 nitrogen and oxygen atoms in total. The van der Waals surface area contributed by atoms with E-state index in [1.165, 1.54) is 8.61 Å². The molecule has 2 N–H and O–H groups in total. The topological polar surface area (TPSA) is 102 Å². The fourth-order valence-electron chi connectivity index (χ4n) is 2.84. The van der Waals surface area contributed by atoms with Crippen molar-refractivity contribution in [2.75, 3.05) is 36.0 Å². The van der Waals surface area contributed by atoms with Crippen LogP contribution in [-0.4, -0.2) is 62.3 Å². The highest BCUT2D eigenvalue weighted by atomic mass is 32.8. The van der Waals surface area contributed by atoms with Crippen LogP contribution < -0.4 is 15.1 Å². The molecule has 0 spiro atoms. The minimum atomic E-state index is -1.52. The van der Waals surface area contributed by atoms with Crippen LogP contribution in [0.5, 0.6) is 0 Å². The molecular weight excluding hydrogens is 384 g/mol. The largest absolute Gasteiger partial charge is 0.315 e. The van der Waals surface area contributed by atoms with Gasteiger partial charge in [0.25, 0.3) is 0 Å². The van der Waals surface area contributed by atoms with Gasteiger partial charge in [-0.25, -0.2) is 9.97 Å². The van der Waals surface area contributed by atoms with Gasteiger partial charge in [0.05, 0.1) is 34.5 Å². The van der Waals surface area contributed by atoms with Crippen molar-refractivity contribution in [3.05, 3.63) is 12.4 Å². The lowest BCUT2D eigenvalue weighted by Gasteiger charge is -2.34. The number of carbonyl (C=O) groups excluding carboxylic acids is 2. The summed E-state index contributed by atoms with van der Waals surface area (Å²) >= 11 is 8.91. The third-order valence-corrected chi connectivity index (χ3v) is 6.23. The van der Waals surface area contributed by atoms with Crippen LogP contribution in [0.2, 0.25) is 0 Å². The van der Waals surface area contributed by atoms with E-state index in [-0.39, 0.29) is 24.3 Å². The number of rotatable bonds is 4. The van der Waals surface area contributed by atoms with Crippen LogP contribution in [0.3, 0.4) is 0 Å². The molecule has 0 bridgehead atoms. The molecule has 2 aliphatic rings. The van der Waals surface area contributed by atoms with Crippen LogP contribution >= 0.6 is 12.8 Å². The molecule has 2 unspecified atom stereocenters. The highest BCUT2D eigenvalue weighted by Crippen LogP contribution is 2.24. The summed E-state index contributed by atoms with van der Waals surface area (Å²) in [6.45, 7) is 2.04. The van der Waals surface area contributed by atoms with Gasteiger partial charge in [0, 0.05) is 19.6 Å². The zero-order chi connectivity index (χ0) is 18.0. The molecule has 136 valence electrons. The lowest BCUT2D eigenvalue weighted by molar-refractivity contribution is -0.122. The van der Waals surface area contributed by atoms with Gasteiger partial charge < -0.3 is 14.8 Å². The van der Waals surface area contributed by atoms with Crippen molar-refractivity contribution in [2.45, 2.75) is 18.9 Å². The number of nitrogens with zero attached hydrogens (tertiary/aromatic N) is 5. The summed E-state index contributed by atoms with van der Waals surface area (Å²) in [6.07, 6.45) is 4.38. The van der Waals surface area contributed by atoms with Crippen molar-refractivity contribution >= 4 is 57.4 Å². The number of aromatic nitrogens is 2. The van der Waals surface area contributed by atoms with E-state index >= 15 is 0 Å². The van der Waals surface area contributed by atoms with Crippen molar-refractivity contribution in [3.8, 4) is 0 Å². The summed E-state index contributed by atoms with van der Waals surface area (Å²) < 4.78 is 10.7. The van der Waals surface area contributed by atoms with E-state index in [0.29, 0.717) is 31.7 Å². The van der Waals surface area contributed by atoms with E-state index in [4.69, 9.17) is 11.2 Å². The first-order valence-corrected chi connectivity index (χ1v) is 10.2. The molecule has 0 saturated carbocycles. The number of nitrogens with one attached hydrogen (secondary N) is 1. The van der Waals surface area contributed by atoms with Crippen LogP contribution in [0.15, 0.2) is 12.4 Å². The van der Waals surface area contributed by atoms with Crippen LogP contribution in [0.4, 0.5) is 11.6 Å². The highest BCUT2D eigenvalue weighted by Gasteiger charge is 2.35. The maximum Gasteiger partial charge on any atom is 0.248 e. The first-order chi connectivity index (χ1) is 12.0. The standard InChI is InChI=1S/C13H18N6O3S3/c20-11-8-14-3-5-17(11)9-6-15-13(16-7-9)18-4-1-2-10(12(18)21)19(23)25(22)24/h6-7,10,14,23H,1-5,8H2,(H,22,24). The predicted molar refractivity (Wildman–Crippen MR) is 101 cm³/mol. The van der Waals surface area contributed by atoms with Crippen molar-refractivity contribution in [3.63, 3.8) is 0 Å². The second-order valence-electron chi connectivity index (χ2n) is 5.64. The molecule has 2 atom stereocenters. The molecule has 0 aliphatic carbocycles. The highest BCUT2D eigenvalue weighted by molar-refractivity contribution is 8.27. The third-order valence-electron chi connectivity index (χ3n) is 4.10. The minimum absolute atomic E-state index is 0.0390. The number of piperazine rings is 1. The fraction of sp³-hybridized carbons (Fsp3) is 0.538. The Bertz CT molecular complexity index is 688. The third kappa shape index (κ3) is 3.99. The normalized spacial score (nSPS) is 23.2. The SMILES string of the molecule is O=C1CNCCN1c1cnc(N2CCCC(N(S)S(O)=S)C2=O)nc1. The van der Waals surface area contributed by atoms with Crippen LogP contribution in [0.1, 0.15) is 12.8 Å². The van der Waals surface area contributed by atoms with E-state index in [0.717, 1.165) is 6.42 Å². The first-order valence-electron chi connectivity index (χ1n) is 7.72. The number of carbonyl (C=O) groups is 2. The van der Waals surface area contributed by atoms with Gasteiger partial charge in [0.2, 0.25) is 17.8 Å². The molecule has 12 heteroatoms. The number of hydrogen-bond donors (Lipinski definition) is 3. The lowest BCUT2D eigenvalue weighted by Crippen LogP contribution is -2.51. The van der Waals surface area contributed by atoms with Crippen molar-refractivity contribution in [1.82, 2.24) is 19.0 Å². The van der Waals surface area contributed by atoms with Crippen molar-refractivity contribution in [2.24, 2.45) is 0 Å². The Morgan fingerprint density at radius 2 is 2.04 bits per heavy atom. The summed E-state index contributed by atoms with van der Waals surface area (Å²) in [5.41, 5.74) is 0.606. The van der Waals surface area contributed by atoms with E-state index in [1.807, 2.05) is 0 Å². The van der Waals surface area contributed by atoms with Gasteiger partial charge >= 0.3 is 0 Å². The van der Waals surface area contributed by atoms with Gasteiger partial charge in [0.15, 0.2) is 0 Å².